The van der Waals surface area contributed by atoms with E-state index < -0.39 is 0 Å². The minimum atomic E-state index is 0.576. The molecule has 2 N–H and O–H groups in total. The Bertz CT molecular complexity index is 253. The van der Waals surface area contributed by atoms with Gasteiger partial charge < -0.3 is 10.5 Å². The summed E-state index contributed by atoms with van der Waals surface area (Å²) in [6.07, 6.45) is 5.73. The lowest BCUT2D eigenvalue weighted by atomic mass is 9.93. The fraction of sp³-hybridized carbons (Fsp3) is 0.625. The first-order valence-electron chi connectivity index (χ1n) is 4.31. The third-order valence-corrected chi connectivity index (χ3v) is 2.40. The van der Waals surface area contributed by atoms with E-state index in [0.717, 1.165) is 36.3 Å². The predicted octanol–water partition coefficient (Wildman–Crippen LogP) is 0.587. The standard InChI is InChI=1S/C8H13N3O/c12-11-6-8(5-10-11)7-1-3-9-4-2-7/h5-7,9,12H,1-4H2. The number of hydrogen-bond donors (Lipinski definition) is 2. The highest BCUT2D eigenvalue weighted by molar-refractivity contribution is 5.11. The zero-order valence-electron chi connectivity index (χ0n) is 6.90. The van der Waals surface area contributed by atoms with Crippen molar-refractivity contribution < 1.29 is 5.21 Å². The van der Waals surface area contributed by atoms with Gasteiger partial charge in [-0.1, -0.05) is 0 Å². The van der Waals surface area contributed by atoms with Gasteiger partial charge in [0.1, 0.15) is 0 Å². The van der Waals surface area contributed by atoms with Crippen LogP contribution in [0.1, 0.15) is 24.3 Å². The maximum absolute atomic E-state index is 8.97. The molecule has 1 aliphatic heterocycles. The van der Waals surface area contributed by atoms with Crippen LogP contribution >= 0.6 is 0 Å². The van der Waals surface area contributed by atoms with Crippen LogP contribution in [0.15, 0.2) is 12.4 Å². The molecule has 0 aliphatic carbocycles. The van der Waals surface area contributed by atoms with E-state index in [-0.39, 0.29) is 0 Å². The van der Waals surface area contributed by atoms with Crippen molar-refractivity contribution in [2.45, 2.75) is 18.8 Å². The van der Waals surface area contributed by atoms with E-state index in [1.54, 1.807) is 12.4 Å². The minimum absolute atomic E-state index is 0.576. The fourth-order valence-corrected chi connectivity index (χ4v) is 1.69. The molecule has 0 amide bonds. The highest BCUT2D eigenvalue weighted by Gasteiger charge is 2.16. The molecule has 1 fully saturated rings. The largest absolute Gasteiger partial charge is 0.412 e. The van der Waals surface area contributed by atoms with E-state index in [4.69, 9.17) is 5.21 Å². The summed E-state index contributed by atoms with van der Waals surface area (Å²) >= 11 is 0. The summed E-state index contributed by atoms with van der Waals surface area (Å²) in [5.41, 5.74) is 1.15. The summed E-state index contributed by atoms with van der Waals surface area (Å²) in [6.45, 7) is 2.14. The van der Waals surface area contributed by atoms with Crippen LogP contribution in [0.5, 0.6) is 0 Å². The summed E-state index contributed by atoms with van der Waals surface area (Å²) in [5.74, 6) is 0.576. The molecule has 0 radical (unpaired) electrons. The van der Waals surface area contributed by atoms with Gasteiger partial charge in [-0.3, -0.25) is 0 Å². The highest BCUT2D eigenvalue weighted by atomic mass is 16.5. The first-order valence-corrected chi connectivity index (χ1v) is 4.31. The predicted molar refractivity (Wildman–Crippen MR) is 44.3 cm³/mol. The Balaban J connectivity index is 2.08. The lowest BCUT2D eigenvalue weighted by Crippen LogP contribution is -2.26. The fourth-order valence-electron chi connectivity index (χ4n) is 1.69. The minimum Gasteiger partial charge on any atom is -0.412 e. The van der Waals surface area contributed by atoms with Crippen molar-refractivity contribution in [1.29, 1.82) is 0 Å². The van der Waals surface area contributed by atoms with Gasteiger partial charge >= 0.3 is 0 Å². The van der Waals surface area contributed by atoms with Crippen molar-refractivity contribution >= 4 is 0 Å². The molecular formula is C8H13N3O. The van der Waals surface area contributed by atoms with Crippen LogP contribution in [-0.4, -0.2) is 28.2 Å². The summed E-state index contributed by atoms with van der Waals surface area (Å²) in [6, 6.07) is 0. The molecule has 0 spiro atoms. The molecule has 1 aromatic rings. The molecule has 1 aliphatic rings. The lowest BCUT2D eigenvalue weighted by molar-refractivity contribution is 0.148. The monoisotopic (exact) mass is 167 g/mol. The van der Waals surface area contributed by atoms with Crippen LogP contribution in [-0.2, 0) is 0 Å². The van der Waals surface area contributed by atoms with Crippen molar-refractivity contribution in [3.8, 4) is 0 Å². The second kappa shape index (κ2) is 3.15. The van der Waals surface area contributed by atoms with E-state index in [1.165, 1.54) is 0 Å². The number of piperidine rings is 1. The van der Waals surface area contributed by atoms with E-state index in [9.17, 15) is 0 Å². The van der Waals surface area contributed by atoms with Crippen molar-refractivity contribution in [3.63, 3.8) is 0 Å². The number of aromatic nitrogens is 2. The Morgan fingerprint density at radius 2 is 2.25 bits per heavy atom. The molecule has 0 atom stereocenters. The first kappa shape index (κ1) is 7.61. The molecule has 2 heterocycles. The van der Waals surface area contributed by atoms with E-state index >= 15 is 0 Å². The molecule has 12 heavy (non-hydrogen) atoms. The molecule has 0 bridgehead atoms. The number of rotatable bonds is 1. The molecule has 4 nitrogen and oxygen atoms in total. The number of nitrogens with one attached hydrogen (secondary N) is 1. The first-order chi connectivity index (χ1) is 5.86. The molecular weight excluding hydrogens is 154 g/mol. The lowest BCUT2D eigenvalue weighted by Gasteiger charge is -2.20. The maximum Gasteiger partial charge on any atom is 0.0699 e. The van der Waals surface area contributed by atoms with Gasteiger partial charge in [0.25, 0.3) is 0 Å². The van der Waals surface area contributed by atoms with Gasteiger partial charge in [0.2, 0.25) is 0 Å². The van der Waals surface area contributed by atoms with Crippen LogP contribution < -0.4 is 5.32 Å². The number of hydrogen-bond acceptors (Lipinski definition) is 3. The summed E-state index contributed by atoms with van der Waals surface area (Å²) in [5, 5.41) is 16.0. The molecule has 66 valence electrons. The second-order valence-electron chi connectivity index (χ2n) is 3.22. The van der Waals surface area contributed by atoms with Crippen molar-refractivity contribution in [2.24, 2.45) is 0 Å². The smallest absolute Gasteiger partial charge is 0.0699 e. The van der Waals surface area contributed by atoms with Crippen LogP contribution in [0.4, 0.5) is 0 Å². The Hall–Kier alpha value is -1.03. The second-order valence-corrected chi connectivity index (χ2v) is 3.22. The van der Waals surface area contributed by atoms with Crippen molar-refractivity contribution in [1.82, 2.24) is 15.3 Å². The van der Waals surface area contributed by atoms with Crippen LogP contribution in [0.2, 0.25) is 0 Å². The molecule has 0 saturated carbocycles. The van der Waals surface area contributed by atoms with Gasteiger partial charge in [-0.25, -0.2) is 0 Å². The Morgan fingerprint density at radius 1 is 1.50 bits per heavy atom. The van der Waals surface area contributed by atoms with Crippen molar-refractivity contribution in [2.75, 3.05) is 13.1 Å². The van der Waals surface area contributed by atoms with Crippen LogP contribution in [0.3, 0.4) is 0 Å². The average Bonchev–Trinajstić information content (AvgIpc) is 2.54. The zero-order valence-corrected chi connectivity index (χ0v) is 6.90. The zero-order chi connectivity index (χ0) is 8.39. The van der Waals surface area contributed by atoms with Crippen LogP contribution in [0.25, 0.3) is 0 Å². The van der Waals surface area contributed by atoms with Gasteiger partial charge in [-0.2, -0.15) is 0 Å². The quantitative estimate of drug-likeness (QED) is 0.602. The summed E-state index contributed by atoms with van der Waals surface area (Å²) in [4.78, 5) is 0.886. The van der Waals surface area contributed by atoms with Crippen LogP contribution in [0, 0.1) is 0 Å². The van der Waals surface area contributed by atoms with Gasteiger partial charge in [-0.05, 0) is 37.4 Å². The molecule has 0 unspecified atom stereocenters. The Morgan fingerprint density at radius 3 is 2.83 bits per heavy atom. The molecule has 0 aromatic carbocycles. The Labute approximate surface area is 71.2 Å². The maximum atomic E-state index is 8.97. The van der Waals surface area contributed by atoms with Gasteiger partial charge in [0, 0.05) is 0 Å². The molecule has 2 rings (SSSR count). The highest BCUT2D eigenvalue weighted by Crippen LogP contribution is 2.23. The summed E-state index contributed by atoms with van der Waals surface area (Å²) < 4.78 is 0. The normalized spacial score (nSPS) is 19.7. The van der Waals surface area contributed by atoms with Gasteiger partial charge in [0.05, 0.1) is 12.4 Å². The van der Waals surface area contributed by atoms with E-state index in [0.29, 0.717) is 5.92 Å². The third-order valence-electron chi connectivity index (χ3n) is 2.40. The SMILES string of the molecule is On1cc(C2CCNCC2)cn1. The van der Waals surface area contributed by atoms with Gasteiger partial charge in [-0.15, -0.1) is 9.94 Å². The molecule has 4 heteroatoms. The van der Waals surface area contributed by atoms with E-state index in [2.05, 4.69) is 10.4 Å². The number of nitrogens with zero attached hydrogens (tertiary/aromatic N) is 2. The average molecular weight is 167 g/mol. The molecule has 1 aromatic heterocycles. The van der Waals surface area contributed by atoms with Gasteiger partial charge in [0.15, 0.2) is 0 Å². The summed E-state index contributed by atoms with van der Waals surface area (Å²) in [7, 11) is 0. The molecule has 1 saturated heterocycles. The topological polar surface area (TPSA) is 50.1 Å². The van der Waals surface area contributed by atoms with E-state index in [1.807, 2.05) is 0 Å². The third kappa shape index (κ3) is 1.43. The Kier molecular flexibility index (Phi) is 1.99. The van der Waals surface area contributed by atoms with Crippen molar-refractivity contribution in [3.05, 3.63) is 18.0 Å².